The maximum atomic E-state index is 10.8. The van der Waals surface area contributed by atoms with E-state index in [2.05, 4.69) is 23.0 Å². The number of hydrogen-bond acceptors (Lipinski definition) is 6. The highest BCUT2D eigenvalue weighted by Gasteiger charge is 2.18. The Morgan fingerprint density at radius 2 is 1.21 bits per heavy atom. The summed E-state index contributed by atoms with van der Waals surface area (Å²) in [5.41, 5.74) is 4.93. The monoisotopic (exact) mass is 455 g/mol. The molecule has 4 aromatic rings. The second-order valence-electron chi connectivity index (χ2n) is 8.53. The Morgan fingerprint density at radius 3 is 1.76 bits per heavy atom. The number of nitrogens with zero attached hydrogens (tertiary/aromatic N) is 3. The zero-order chi connectivity index (χ0) is 24.2. The molecule has 0 amide bonds. The molecule has 34 heavy (non-hydrogen) atoms. The minimum absolute atomic E-state index is 0.0193. The number of hydrogen-bond donors (Lipinski definition) is 2. The van der Waals surface area contributed by atoms with Crippen LogP contribution in [0, 0.1) is 20.8 Å². The molecule has 3 aromatic carbocycles. The van der Waals surface area contributed by atoms with E-state index in [1.165, 1.54) is 0 Å². The van der Waals surface area contributed by atoms with Gasteiger partial charge in [-0.05, 0) is 62.6 Å². The Hall–Kier alpha value is -3.93. The average molecular weight is 456 g/mol. The Kier molecular flexibility index (Phi) is 6.77. The molecule has 0 bridgehead atoms. The van der Waals surface area contributed by atoms with Gasteiger partial charge in [-0.2, -0.15) is 0 Å². The lowest BCUT2D eigenvalue weighted by Gasteiger charge is -2.13. The van der Waals surface area contributed by atoms with Crippen molar-refractivity contribution in [3.8, 4) is 51.4 Å². The molecule has 6 heteroatoms. The normalized spacial score (nSPS) is 10.9. The second kappa shape index (κ2) is 9.91. The van der Waals surface area contributed by atoms with Crippen LogP contribution >= 0.6 is 0 Å². The Morgan fingerprint density at radius 1 is 0.676 bits per heavy atom. The number of aromatic hydroxyl groups is 2. The molecule has 0 spiro atoms. The number of phenolic OH excluding ortho intramolecular Hbond substituents is 2. The van der Waals surface area contributed by atoms with Gasteiger partial charge in [0.2, 0.25) is 0 Å². The predicted octanol–water partition coefficient (Wildman–Crippen LogP) is 6.39. The first kappa shape index (κ1) is 23.2. The SMILES string of the molecule is CCCCOc1ccc(-c2nc(-c3ccc(C)cc3C)nc(-c3ccc(C)cc3O)n2)c(O)c1. The first-order valence-electron chi connectivity index (χ1n) is 11.5. The van der Waals surface area contributed by atoms with Crippen LogP contribution in [0.15, 0.2) is 54.6 Å². The van der Waals surface area contributed by atoms with Gasteiger partial charge in [0, 0.05) is 11.6 Å². The molecule has 0 aliphatic carbocycles. The Bertz CT molecular complexity index is 1270. The van der Waals surface area contributed by atoms with Gasteiger partial charge in [0.25, 0.3) is 0 Å². The summed E-state index contributed by atoms with van der Waals surface area (Å²) < 4.78 is 5.71. The summed E-state index contributed by atoms with van der Waals surface area (Å²) in [6.07, 6.45) is 1.98. The summed E-state index contributed by atoms with van der Waals surface area (Å²) in [6.45, 7) is 8.64. The van der Waals surface area contributed by atoms with Gasteiger partial charge in [0.05, 0.1) is 17.7 Å². The lowest BCUT2D eigenvalue weighted by Crippen LogP contribution is -2.02. The molecule has 0 saturated heterocycles. The van der Waals surface area contributed by atoms with E-state index in [4.69, 9.17) is 9.72 Å². The van der Waals surface area contributed by atoms with Gasteiger partial charge in [0.1, 0.15) is 17.2 Å². The molecule has 0 unspecified atom stereocenters. The van der Waals surface area contributed by atoms with Crippen molar-refractivity contribution in [1.29, 1.82) is 0 Å². The number of aromatic nitrogens is 3. The van der Waals surface area contributed by atoms with Gasteiger partial charge in [0.15, 0.2) is 17.5 Å². The number of aryl methyl sites for hydroxylation is 3. The molecule has 4 rings (SSSR count). The molecule has 1 heterocycles. The van der Waals surface area contributed by atoms with Crippen molar-refractivity contribution in [3.63, 3.8) is 0 Å². The molecule has 1 aromatic heterocycles. The third kappa shape index (κ3) is 5.01. The third-order valence-electron chi connectivity index (χ3n) is 5.63. The molecule has 0 aliphatic rings. The van der Waals surface area contributed by atoms with Gasteiger partial charge >= 0.3 is 0 Å². The molecule has 0 saturated carbocycles. The van der Waals surface area contributed by atoms with Crippen LogP contribution in [0.4, 0.5) is 0 Å². The van der Waals surface area contributed by atoms with Gasteiger partial charge in [-0.3, -0.25) is 0 Å². The number of rotatable bonds is 7. The zero-order valence-electron chi connectivity index (χ0n) is 20.0. The number of ether oxygens (including phenoxy) is 1. The predicted molar refractivity (Wildman–Crippen MR) is 134 cm³/mol. The topological polar surface area (TPSA) is 88.4 Å². The van der Waals surface area contributed by atoms with Gasteiger partial charge in [-0.1, -0.05) is 43.2 Å². The van der Waals surface area contributed by atoms with Crippen molar-refractivity contribution >= 4 is 0 Å². The molecule has 174 valence electrons. The molecule has 0 atom stereocenters. The summed E-state index contributed by atoms with van der Waals surface area (Å²) in [5.74, 6) is 1.83. The highest BCUT2D eigenvalue weighted by atomic mass is 16.5. The average Bonchev–Trinajstić information content (AvgIpc) is 2.79. The summed E-state index contributed by atoms with van der Waals surface area (Å²) in [5, 5.41) is 21.4. The number of phenols is 2. The molecule has 0 radical (unpaired) electrons. The lowest BCUT2D eigenvalue weighted by molar-refractivity contribution is 0.307. The lowest BCUT2D eigenvalue weighted by atomic mass is 10.0. The maximum Gasteiger partial charge on any atom is 0.167 e. The first-order valence-corrected chi connectivity index (χ1v) is 11.5. The van der Waals surface area contributed by atoms with E-state index in [1.54, 1.807) is 30.3 Å². The molecular weight excluding hydrogens is 426 g/mol. The van der Waals surface area contributed by atoms with Crippen molar-refractivity contribution in [2.24, 2.45) is 0 Å². The largest absolute Gasteiger partial charge is 0.507 e. The molecule has 0 aliphatic heterocycles. The summed E-state index contributed by atoms with van der Waals surface area (Å²) in [6, 6.07) is 16.5. The summed E-state index contributed by atoms with van der Waals surface area (Å²) >= 11 is 0. The maximum absolute atomic E-state index is 10.8. The van der Waals surface area contributed by atoms with Crippen molar-refractivity contribution in [2.75, 3.05) is 6.61 Å². The van der Waals surface area contributed by atoms with E-state index in [0.29, 0.717) is 41.0 Å². The standard InChI is InChI=1S/C28H29N3O3/c1-5-6-13-34-20-9-12-23(25(33)16-20)28-30-26(21-10-7-17(2)14-19(21)4)29-27(31-28)22-11-8-18(3)15-24(22)32/h7-12,14-16,32-33H,5-6,13H2,1-4H3. The quantitative estimate of drug-likeness (QED) is 0.314. The zero-order valence-corrected chi connectivity index (χ0v) is 20.0. The van der Waals surface area contributed by atoms with Gasteiger partial charge in [-0.15, -0.1) is 0 Å². The van der Waals surface area contributed by atoms with Crippen LogP contribution in [0.1, 0.15) is 36.5 Å². The number of unbranched alkanes of at least 4 members (excludes halogenated alkanes) is 1. The Balaban J connectivity index is 1.85. The van der Waals surface area contributed by atoms with Crippen LogP contribution in [0.3, 0.4) is 0 Å². The van der Waals surface area contributed by atoms with Crippen molar-refractivity contribution < 1.29 is 14.9 Å². The first-order chi connectivity index (χ1) is 16.4. The van der Waals surface area contributed by atoms with Gasteiger partial charge < -0.3 is 14.9 Å². The molecular formula is C28H29N3O3. The van der Waals surface area contributed by atoms with Crippen molar-refractivity contribution in [2.45, 2.75) is 40.5 Å². The molecule has 0 fully saturated rings. The minimum Gasteiger partial charge on any atom is -0.507 e. The summed E-state index contributed by atoms with van der Waals surface area (Å²) in [4.78, 5) is 14.0. The second-order valence-corrected chi connectivity index (χ2v) is 8.53. The van der Waals surface area contributed by atoms with E-state index in [-0.39, 0.29) is 11.5 Å². The molecule has 6 nitrogen and oxygen atoms in total. The van der Waals surface area contributed by atoms with Crippen LogP contribution in [0.2, 0.25) is 0 Å². The number of benzene rings is 3. The van der Waals surface area contributed by atoms with E-state index in [1.807, 2.05) is 39.0 Å². The van der Waals surface area contributed by atoms with Crippen LogP contribution in [0.25, 0.3) is 34.2 Å². The van der Waals surface area contributed by atoms with Crippen LogP contribution in [-0.2, 0) is 0 Å². The minimum atomic E-state index is 0.0193. The fraction of sp³-hybridized carbons (Fsp3) is 0.250. The van der Waals surface area contributed by atoms with Crippen LogP contribution < -0.4 is 4.74 Å². The van der Waals surface area contributed by atoms with E-state index in [0.717, 1.165) is 35.1 Å². The van der Waals surface area contributed by atoms with Gasteiger partial charge in [-0.25, -0.2) is 15.0 Å². The highest BCUT2D eigenvalue weighted by Crippen LogP contribution is 2.35. The summed E-state index contributed by atoms with van der Waals surface area (Å²) in [7, 11) is 0. The van der Waals surface area contributed by atoms with Crippen molar-refractivity contribution in [1.82, 2.24) is 15.0 Å². The van der Waals surface area contributed by atoms with E-state index in [9.17, 15) is 10.2 Å². The smallest absolute Gasteiger partial charge is 0.167 e. The van der Waals surface area contributed by atoms with E-state index >= 15 is 0 Å². The fourth-order valence-corrected chi connectivity index (χ4v) is 3.76. The van der Waals surface area contributed by atoms with Crippen molar-refractivity contribution in [3.05, 3.63) is 71.3 Å². The van der Waals surface area contributed by atoms with E-state index < -0.39 is 0 Å². The van der Waals surface area contributed by atoms with Crippen LogP contribution in [0.5, 0.6) is 17.2 Å². The fourth-order valence-electron chi connectivity index (χ4n) is 3.76. The Labute approximate surface area is 200 Å². The molecule has 2 N–H and O–H groups in total. The van der Waals surface area contributed by atoms with Crippen LogP contribution in [-0.4, -0.2) is 31.8 Å². The third-order valence-corrected chi connectivity index (χ3v) is 5.63. The highest BCUT2D eigenvalue weighted by molar-refractivity contribution is 5.73.